The van der Waals surface area contributed by atoms with Crippen molar-refractivity contribution in [2.45, 2.75) is 70.5 Å². The number of methoxy groups -OCH3 is 3. The fourth-order valence-corrected chi connectivity index (χ4v) is 12.1. The number of hydrogen-bond acceptors (Lipinski definition) is 21. The number of carbonyl (C=O) groups excluding carboxylic acids is 6. The topological polar surface area (TPSA) is 269 Å². The van der Waals surface area contributed by atoms with Gasteiger partial charge in [0.2, 0.25) is 5.76 Å². The van der Waals surface area contributed by atoms with Crippen LogP contribution in [0.4, 0.5) is 9.93 Å². The zero-order chi connectivity index (χ0) is 62.5. The summed E-state index contributed by atoms with van der Waals surface area (Å²) in [7, 11) is 4.86. The molecule has 5 heterocycles. The number of quaternary nitrogens is 1. The molecule has 5 aromatic rings. The van der Waals surface area contributed by atoms with E-state index in [0.717, 1.165) is 49.3 Å². The lowest BCUT2D eigenvalue weighted by Crippen LogP contribution is -2.71. The Morgan fingerprint density at radius 1 is 0.864 bits per heavy atom. The van der Waals surface area contributed by atoms with Crippen molar-refractivity contribution in [1.82, 2.24) is 20.5 Å². The van der Waals surface area contributed by atoms with E-state index < -0.39 is 71.4 Å². The van der Waals surface area contributed by atoms with Gasteiger partial charge in [-0.15, -0.1) is 23.1 Å². The van der Waals surface area contributed by atoms with Crippen molar-refractivity contribution in [2.24, 2.45) is 5.16 Å². The van der Waals surface area contributed by atoms with Crippen LogP contribution in [-0.4, -0.2) is 155 Å². The lowest BCUT2D eigenvalue weighted by Gasteiger charge is -2.50. The summed E-state index contributed by atoms with van der Waals surface area (Å²) in [5.41, 5.74) is 1.78. The van der Waals surface area contributed by atoms with Crippen LogP contribution in [0.5, 0.6) is 28.7 Å². The highest BCUT2D eigenvalue weighted by atomic mass is 35.5. The molecule has 4 amide bonds. The van der Waals surface area contributed by atoms with E-state index in [1.54, 1.807) is 78.5 Å². The van der Waals surface area contributed by atoms with Gasteiger partial charge in [-0.2, -0.15) is 0 Å². The zero-order valence-electron chi connectivity index (χ0n) is 49.4. The molecule has 0 aliphatic carbocycles. The molecule has 29 heteroatoms. The van der Waals surface area contributed by atoms with Gasteiger partial charge in [0.05, 0.1) is 58.1 Å². The third-order valence-electron chi connectivity index (χ3n) is 14.3. The molecular formula is C59H65B2ClN7O17S2+. The molecule has 0 spiro atoms. The molecule has 9 rings (SSSR count). The van der Waals surface area contributed by atoms with E-state index in [-0.39, 0.29) is 71.8 Å². The summed E-state index contributed by atoms with van der Waals surface area (Å²) >= 11 is 9.35. The molecule has 3 N–H and O–H groups in total. The smallest absolute Gasteiger partial charge is 0.493 e. The fourth-order valence-electron chi connectivity index (χ4n) is 9.77. The predicted molar refractivity (Wildman–Crippen MR) is 327 cm³/mol. The zero-order valence-corrected chi connectivity index (χ0v) is 51.8. The maximum absolute atomic E-state index is 14.6. The maximum atomic E-state index is 14.6. The van der Waals surface area contributed by atoms with E-state index in [1.165, 1.54) is 22.0 Å². The van der Waals surface area contributed by atoms with Crippen LogP contribution in [0.25, 0.3) is 0 Å². The van der Waals surface area contributed by atoms with Gasteiger partial charge in [-0.3, -0.25) is 24.6 Å². The Balaban J connectivity index is 0.940. The van der Waals surface area contributed by atoms with Crippen LogP contribution in [0.1, 0.15) is 66.4 Å². The molecule has 4 aromatic carbocycles. The number of β-lactam (4-membered cyclic amide) rings is 1. The van der Waals surface area contributed by atoms with Crippen LogP contribution < -0.4 is 39.6 Å². The van der Waals surface area contributed by atoms with E-state index in [2.05, 4.69) is 26.1 Å². The summed E-state index contributed by atoms with van der Waals surface area (Å²) in [6.07, 6.45) is 0.926. The standard InChI is InChI=1S/C59H64B2ClN7O17S2/c1-59(2,3)84-58(75)66-57-64-43(33-88-57)47(67-86-45(55(73)85-60)27-61-82-34-83-61)52(71)65-48-53(72)68-49(56(74)81-31-37-13-19-41(78-6)20-14-37)38(32-87-54(48)68)28-69(24-7-8-25-69)26-23-63-51(70)42-21-22-44(79-29-35-9-15-39(76-4)16-10-35)50(46(42)62)80-30-36-11-17-40(77-5)18-12-36/h9-22,27,33,48,54H,7-8,23-26,28-32,34,60H2,1-6H3,(H2-,63,64,65,66,70,71,75)/p+1/b45-27+,67-47-/t48-,54-/m1/s1. The van der Waals surface area contributed by atoms with Gasteiger partial charge in [0.15, 0.2) is 22.3 Å². The number of hydrogen-bond donors (Lipinski definition) is 3. The molecule has 88 heavy (non-hydrogen) atoms. The summed E-state index contributed by atoms with van der Waals surface area (Å²) < 4.78 is 55.6. The number of oxime groups is 1. The molecular weight excluding hydrogens is 1200 g/mol. The Hall–Kier alpha value is -8.27. The first-order valence-corrected chi connectivity index (χ1v) is 30.2. The molecule has 3 fully saturated rings. The number of benzene rings is 4. The molecule has 0 radical (unpaired) electrons. The second-order valence-electron chi connectivity index (χ2n) is 21.4. The Bertz CT molecular complexity index is 3470. The number of nitrogens with one attached hydrogen (secondary N) is 3. The number of thiazole rings is 1. The molecule has 3 saturated heterocycles. The van der Waals surface area contributed by atoms with Crippen molar-refractivity contribution in [1.29, 1.82) is 0 Å². The average molecular weight is 1270 g/mol. The van der Waals surface area contributed by atoms with Crippen LogP contribution in [0.3, 0.4) is 0 Å². The lowest BCUT2D eigenvalue weighted by molar-refractivity contribution is -0.911. The van der Waals surface area contributed by atoms with Gasteiger partial charge in [0.25, 0.3) is 17.7 Å². The van der Waals surface area contributed by atoms with E-state index in [9.17, 15) is 28.8 Å². The molecule has 0 unspecified atom stereocenters. The number of anilines is 1. The van der Waals surface area contributed by atoms with Crippen molar-refractivity contribution in [3.05, 3.63) is 146 Å². The van der Waals surface area contributed by atoms with E-state index in [1.807, 2.05) is 48.5 Å². The summed E-state index contributed by atoms with van der Waals surface area (Å²) in [5, 5.41) is 13.0. The van der Waals surface area contributed by atoms with Crippen molar-refractivity contribution >= 4 is 96.5 Å². The van der Waals surface area contributed by atoms with Crippen LogP contribution in [0, 0.1) is 0 Å². The van der Waals surface area contributed by atoms with Gasteiger partial charge in [0.1, 0.15) is 78.8 Å². The number of rotatable bonds is 26. The molecule has 2 atom stereocenters. The first-order valence-electron chi connectivity index (χ1n) is 27.9. The largest absolute Gasteiger partial charge is 0.538 e. The minimum absolute atomic E-state index is 0.0263. The highest BCUT2D eigenvalue weighted by molar-refractivity contribution is 8.00. The number of ether oxygens (including phenoxy) is 7. The molecule has 24 nitrogen and oxygen atoms in total. The third-order valence-corrected chi connectivity index (χ3v) is 16.8. The minimum Gasteiger partial charge on any atom is -0.538 e. The van der Waals surface area contributed by atoms with Crippen molar-refractivity contribution in [3.8, 4) is 28.7 Å². The average Bonchev–Trinajstić information content (AvgIpc) is 2.37. The van der Waals surface area contributed by atoms with Gasteiger partial charge in [-0.25, -0.2) is 19.4 Å². The number of carbonyl (C=O) groups is 6. The van der Waals surface area contributed by atoms with Crippen molar-refractivity contribution < 1.29 is 85.2 Å². The highest BCUT2D eigenvalue weighted by Crippen LogP contribution is 2.43. The number of fused-ring (bicyclic) bond motifs is 1. The van der Waals surface area contributed by atoms with Crippen LogP contribution in [-0.2, 0) is 67.3 Å². The number of esters is 1. The SMILES string of the molecule is BOC(=O)/C(=C\B1OCO1)O/N=C(\C(=O)N[C@@H]1C(=O)N2C(C(=O)OCc3ccc(OC)cc3)=C(C[N+]3(CCNC(=O)c4ccc(OCc5ccc(OC)cc5)c(OCc5ccc(OC)cc5)c4Cl)CCCC3)CS[C@H]12)c1csc(NC(=O)OC(C)(C)C)n1. The second-order valence-corrected chi connectivity index (χ2v) is 23.8. The maximum Gasteiger partial charge on any atom is 0.493 e. The van der Waals surface area contributed by atoms with E-state index >= 15 is 0 Å². The van der Waals surface area contributed by atoms with Crippen molar-refractivity contribution in [3.63, 3.8) is 0 Å². The quantitative estimate of drug-likeness (QED) is 0.00780. The minimum atomic E-state index is -1.21. The number of thioether (sulfide) groups is 1. The Morgan fingerprint density at radius 2 is 1.48 bits per heavy atom. The first kappa shape index (κ1) is 64.2. The molecule has 462 valence electrons. The summed E-state index contributed by atoms with van der Waals surface area (Å²) in [4.78, 5) is 94.5. The molecule has 4 aliphatic heterocycles. The number of aromatic nitrogens is 1. The second kappa shape index (κ2) is 29.2. The summed E-state index contributed by atoms with van der Waals surface area (Å²) in [6, 6.07) is 23.8. The van der Waals surface area contributed by atoms with Gasteiger partial charge in [-0.05, 0) is 92.0 Å². The van der Waals surface area contributed by atoms with Gasteiger partial charge in [-0.1, -0.05) is 53.2 Å². The lowest BCUT2D eigenvalue weighted by atomic mass is 9.87. The van der Waals surface area contributed by atoms with Crippen molar-refractivity contribution in [2.75, 3.05) is 71.9 Å². The van der Waals surface area contributed by atoms with E-state index in [4.69, 9.17) is 63.6 Å². The van der Waals surface area contributed by atoms with E-state index in [0.29, 0.717) is 64.8 Å². The third kappa shape index (κ3) is 16.1. The number of halogens is 1. The Kier molecular flexibility index (Phi) is 21.3. The van der Waals surface area contributed by atoms with Gasteiger partial charge >= 0.3 is 33.2 Å². The molecule has 1 aromatic heterocycles. The Labute approximate surface area is 522 Å². The Morgan fingerprint density at radius 3 is 2.06 bits per heavy atom. The first-order chi connectivity index (χ1) is 42.4. The van der Waals surface area contributed by atoms with Gasteiger partial charge < -0.3 is 67.1 Å². The fraction of sp³-hybridized carbons (Fsp3) is 0.356. The monoisotopic (exact) mass is 1260 g/mol. The van der Waals surface area contributed by atoms with Gasteiger partial charge in [0, 0.05) is 29.5 Å². The summed E-state index contributed by atoms with van der Waals surface area (Å²) in [5.74, 6) is -0.314. The molecule has 4 aliphatic rings. The molecule has 0 saturated carbocycles. The van der Waals surface area contributed by atoms with Crippen LogP contribution in [0.15, 0.2) is 118 Å². The normalized spacial score (nSPS) is 17.1. The number of likely N-dealkylation sites (tertiary alicyclic amines) is 1. The molecule has 0 bridgehead atoms. The van der Waals surface area contributed by atoms with Crippen LogP contribution >= 0.6 is 34.7 Å². The summed E-state index contributed by atoms with van der Waals surface area (Å²) in [6.45, 7) is 7.61. The van der Waals surface area contributed by atoms with Crippen LogP contribution in [0.2, 0.25) is 5.02 Å². The highest BCUT2D eigenvalue weighted by Gasteiger charge is 2.56. The number of nitrogens with zero attached hydrogens (tertiary/aromatic N) is 4. The predicted octanol–water partition coefficient (Wildman–Crippen LogP) is 6.49. The number of amides is 4.